The maximum absolute atomic E-state index is 11.5. The Bertz CT molecular complexity index is 386. The van der Waals surface area contributed by atoms with Crippen molar-refractivity contribution in [1.29, 1.82) is 0 Å². The quantitative estimate of drug-likeness (QED) is 0.455. The van der Waals surface area contributed by atoms with E-state index in [0.29, 0.717) is 11.4 Å². The fourth-order valence-corrected chi connectivity index (χ4v) is 1.25. The van der Waals surface area contributed by atoms with E-state index in [9.17, 15) is 4.79 Å². The van der Waals surface area contributed by atoms with Gasteiger partial charge in [-0.1, -0.05) is 18.7 Å². The Hall–Kier alpha value is -1.81. The van der Waals surface area contributed by atoms with E-state index in [1.807, 2.05) is 12.1 Å². The third-order valence-electron chi connectivity index (χ3n) is 1.95. The SMILES string of the molecule is C=C1Nc2ccccc2C(=O)N1N. The molecule has 2 rings (SSSR count). The molecule has 1 heterocycles. The summed E-state index contributed by atoms with van der Waals surface area (Å²) in [7, 11) is 0. The number of hydrogen-bond acceptors (Lipinski definition) is 3. The average molecular weight is 175 g/mol. The minimum Gasteiger partial charge on any atom is -0.340 e. The van der Waals surface area contributed by atoms with Crippen LogP contribution in [0.15, 0.2) is 36.7 Å². The summed E-state index contributed by atoms with van der Waals surface area (Å²) < 4.78 is 0. The van der Waals surface area contributed by atoms with Crippen LogP contribution in [0.25, 0.3) is 0 Å². The molecule has 13 heavy (non-hydrogen) atoms. The van der Waals surface area contributed by atoms with E-state index >= 15 is 0 Å². The molecule has 0 aromatic heterocycles. The van der Waals surface area contributed by atoms with E-state index in [0.717, 1.165) is 10.7 Å². The van der Waals surface area contributed by atoms with Crippen molar-refractivity contribution >= 4 is 11.6 Å². The third kappa shape index (κ3) is 1.08. The molecule has 0 saturated carbocycles. The van der Waals surface area contributed by atoms with Gasteiger partial charge in [0.2, 0.25) is 0 Å². The van der Waals surface area contributed by atoms with Gasteiger partial charge >= 0.3 is 0 Å². The molecule has 66 valence electrons. The molecule has 1 amide bonds. The number of nitrogens with one attached hydrogen (secondary N) is 1. The van der Waals surface area contributed by atoms with Gasteiger partial charge < -0.3 is 5.32 Å². The highest BCUT2D eigenvalue weighted by Crippen LogP contribution is 2.23. The highest BCUT2D eigenvalue weighted by Gasteiger charge is 2.23. The average Bonchev–Trinajstić information content (AvgIpc) is 2.15. The Balaban J connectivity index is 2.55. The van der Waals surface area contributed by atoms with Crippen molar-refractivity contribution in [2.75, 3.05) is 5.32 Å². The second kappa shape index (κ2) is 2.60. The molecule has 1 aromatic rings. The number of rotatable bonds is 0. The molecule has 0 radical (unpaired) electrons. The van der Waals surface area contributed by atoms with E-state index in [2.05, 4.69) is 11.9 Å². The third-order valence-corrected chi connectivity index (χ3v) is 1.95. The van der Waals surface area contributed by atoms with Gasteiger partial charge in [-0.2, -0.15) is 0 Å². The Kier molecular flexibility index (Phi) is 1.56. The lowest BCUT2D eigenvalue weighted by atomic mass is 10.1. The lowest BCUT2D eigenvalue weighted by Gasteiger charge is -2.27. The molecule has 1 aliphatic rings. The molecule has 0 aliphatic carbocycles. The zero-order chi connectivity index (χ0) is 9.42. The summed E-state index contributed by atoms with van der Waals surface area (Å²) in [5.74, 6) is 5.61. The minimum absolute atomic E-state index is 0.237. The van der Waals surface area contributed by atoms with E-state index in [-0.39, 0.29) is 5.91 Å². The van der Waals surface area contributed by atoms with E-state index in [4.69, 9.17) is 5.84 Å². The van der Waals surface area contributed by atoms with E-state index in [1.165, 1.54) is 0 Å². The van der Waals surface area contributed by atoms with Crippen LogP contribution in [-0.4, -0.2) is 10.9 Å². The van der Waals surface area contributed by atoms with Crippen LogP contribution in [0.2, 0.25) is 0 Å². The molecule has 0 bridgehead atoms. The fraction of sp³-hybridized carbons (Fsp3) is 0. The van der Waals surface area contributed by atoms with Crippen molar-refractivity contribution < 1.29 is 4.79 Å². The molecule has 0 fully saturated rings. The number of amides is 1. The van der Waals surface area contributed by atoms with Crippen LogP contribution in [0.3, 0.4) is 0 Å². The summed E-state index contributed by atoms with van der Waals surface area (Å²) in [6, 6.07) is 7.17. The number of hydrazine groups is 1. The van der Waals surface area contributed by atoms with Crippen LogP contribution in [0.4, 0.5) is 5.69 Å². The van der Waals surface area contributed by atoms with Crippen molar-refractivity contribution in [2.24, 2.45) is 5.84 Å². The van der Waals surface area contributed by atoms with Crippen molar-refractivity contribution in [3.8, 4) is 0 Å². The molecule has 0 spiro atoms. The zero-order valence-corrected chi connectivity index (χ0v) is 6.95. The molecule has 0 saturated heterocycles. The first-order valence-electron chi connectivity index (χ1n) is 3.84. The number of carbonyl (C=O) groups is 1. The van der Waals surface area contributed by atoms with Gasteiger partial charge in [-0.3, -0.25) is 4.79 Å². The Morgan fingerprint density at radius 1 is 1.38 bits per heavy atom. The molecular formula is C9H9N3O. The first-order valence-corrected chi connectivity index (χ1v) is 3.84. The van der Waals surface area contributed by atoms with Gasteiger partial charge in [0.05, 0.1) is 11.3 Å². The second-order valence-electron chi connectivity index (χ2n) is 2.79. The summed E-state index contributed by atoms with van der Waals surface area (Å²) in [6.45, 7) is 3.61. The number of anilines is 1. The summed E-state index contributed by atoms with van der Waals surface area (Å²) in [6.07, 6.45) is 0. The molecular weight excluding hydrogens is 166 g/mol. The van der Waals surface area contributed by atoms with Crippen LogP contribution >= 0.6 is 0 Å². The largest absolute Gasteiger partial charge is 0.340 e. The maximum Gasteiger partial charge on any atom is 0.275 e. The van der Waals surface area contributed by atoms with Crippen molar-refractivity contribution in [1.82, 2.24) is 5.01 Å². The lowest BCUT2D eigenvalue weighted by Crippen LogP contribution is -2.42. The smallest absolute Gasteiger partial charge is 0.275 e. The normalized spacial score (nSPS) is 15.3. The summed E-state index contributed by atoms with van der Waals surface area (Å²) >= 11 is 0. The fourth-order valence-electron chi connectivity index (χ4n) is 1.25. The van der Waals surface area contributed by atoms with Gasteiger partial charge in [0.25, 0.3) is 5.91 Å². The standard InChI is InChI=1S/C9H9N3O/c1-6-11-8-5-3-2-4-7(8)9(13)12(6)10/h2-5,11H,1,10H2. The van der Waals surface area contributed by atoms with Crippen molar-refractivity contribution in [3.63, 3.8) is 0 Å². The zero-order valence-electron chi connectivity index (χ0n) is 6.95. The van der Waals surface area contributed by atoms with Gasteiger partial charge in [-0.15, -0.1) is 0 Å². The molecule has 1 aliphatic heterocycles. The number of para-hydroxylation sites is 1. The lowest BCUT2D eigenvalue weighted by molar-refractivity contribution is 0.0802. The van der Waals surface area contributed by atoms with Crippen molar-refractivity contribution in [2.45, 2.75) is 0 Å². The molecule has 4 heteroatoms. The minimum atomic E-state index is -0.237. The first-order chi connectivity index (χ1) is 6.20. The Morgan fingerprint density at radius 2 is 2.08 bits per heavy atom. The molecule has 1 aromatic carbocycles. The molecule has 0 atom stereocenters. The van der Waals surface area contributed by atoms with Crippen LogP contribution < -0.4 is 11.2 Å². The maximum atomic E-state index is 11.5. The van der Waals surface area contributed by atoms with Gasteiger partial charge in [0.1, 0.15) is 5.82 Å². The van der Waals surface area contributed by atoms with Gasteiger partial charge in [-0.05, 0) is 12.1 Å². The molecule has 4 nitrogen and oxygen atoms in total. The predicted octanol–water partition coefficient (Wildman–Crippen LogP) is 0.899. The second-order valence-corrected chi connectivity index (χ2v) is 2.79. The predicted molar refractivity (Wildman–Crippen MR) is 49.6 cm³/mol. The molecule has 0 unspecified atom stereocenters. The number of nitrogens with zero attached hydrogens (tertiary/aromatic N) is 1. The monoisotopic (exact) mass is 175 g/mol. The van der Waals surface area contributed by atoms with E-state index in [1.54, 1.807) is 12.1 Å². The highest BCUT2D eigenvalue weighted by molar-refractivity contribution is 6.02. The number of nitrogens with two attached hydrogens (primary N) is 1. The first kappa shape index (κ1) is 7.82. The van der Waals surface area contributed by atoms with Crippen LogP contribution in [0.5, 0.6) is 0 Å². The number of benzene rings is 1. The number of hydrogen-bond donors (Lipinski definition) is 2. The van der Waals surface area contributed by atoms with Gasteiger partial charge in [0.15, 0.2) is 0 Å². The van der Waals surface area contributed by atoms with Crippen molar-refractivity contribution in [3.05, 3.63) is 42.2 Å². The Morgan fingerprint density at radius 3 is 2.85 bits per heavy atom. The summed E-state index contributed by atoms with van der Waals surface area (Å²) in [5, 5.41) is 3.93. The van der Waals surface area contributed by atoms with Gasteiger partial charge in [0, 0.05) is 0 Å². The Labute approximate surface area is 75.6 Å². The molecule has 3 N–H and O–H groups in total. The van der Waals surface area contributed by atoms with Gasteiger partial charge in [-0.25, -0.2) is 10.9 Å². The van der Waals surface area contributed by atoms with Crippen LogP contribution in [0, 0.1) is 0 Å². The summed E-state index contributed by atoms with van der Waals surface area (Å²) in [5.41, 5.74) is 1.32. The van der Waals surface area contributed by atoms with Crippen LogP contribution in [-0.2, 0) is 0 Å². The number of fused-ring (bicyclic) bond motifs is 1. The van der Waals surface area contributed by atoms with Crippen LogP contribution in [0.1, 0.15) is 10.4 Å². The highest BCUT2D eigenvalue weighted by atomic mass is 16.2. The summed E-state index contributed by atoms with van der Waals surface area (Å²) in [4.78, 5) is 11.5. The topological polar surface area (TPSA) is 58.4 Å². The van der Waals surface area contributed by atoms with E-state index < -0.39 is 0 Å². The number of carbonyl (C=O) groups excluding carboxylic acids is 1.